The maximum atomic E-state index is 13.6. The van der Waals surface area contributed by atoms with Crippen LogP contribution in [-0.4, -0.2) is 67.3 Å². The molecule has 56 heavy (non-hydrogen) atoms. The van der Waals surface area contributed by atoms with Gasteiger partial charge in [0.2, 0.25) is 35.2 Å². The molecule has 0 radical (unpaired) electrons. The number of allylic oxidation sites excluding steroid dienone is 2. The number of nitrogens with two attached hydrogens (primary N) is 2. The molecular weight excluding hydrogens is 724 g/mol. The monoisotopic (exact) mass is 762 g/mol. The molecule has 18 nitrogen and oxygen atoms in total. The molecule has 0 atom stereocenters. The van der Waals surface area contributed by atoms with Crippen molar-refractivity contribution in [3.63, 3.8) is 0 Å². The molecule has 288 valence electrons. The third-order valence-corrected chi connectivity index (χ3v) is 10.1. The van der Waals surface area contributed by atoms with Crippen molar-refractivity contribution in [1.82, 2.24) is 29.4 Å². The summed E-state index contributed by atoms with van der Waals surface area (Å²) in [6.45, 7) is 0.322. The Kier molecular flexibility index (Phi) is 9.45. The Hall–Kier alpha value is -6.98. The highest BCUT2D eigenvalue weighted by molar-refractivity contribution is 6.05. The number of amides is 4. The molecule has 6 N–H and O–H groups in total. The Bertz CT molecular complexity index is 2420. The average molecular weight is 763 g/mol. The summed E-state index contributed by atoms with van der Waals surface area (Å²) in [7, 11) is 2.91. The van der Waals surface area contributed by atoms with Crippen molar-refractivity contribution in [1.29, 1.82) is 0 Å². The fraction of sp³-hybridized carbons (Fsp3) is 0.316. The maximum absolute atomic E-state index is 13.6. The molecule has 4 aromatic heterocycles. The van der Waals surface area contributed by atoms with Gasteiger partial charge in [0.1, 0.15) is 22.5 Å². The highest BCUT2D eigenvalue weighted by atomic mass is 16.5. The fourth-order valence-corrected chi connectivity index (χ4v) is 7.42. The van der Waals surface area contributed by atoms with Gasteiger partial charge in [0.15, 0.2) is 0 Å². The minimum absolute atomic E-state index is 0.125. The molecule has 0 bridgehead atoms. The number of imidazole rings is 2. The zero-order valence-electron chi connectivity index (χ0n) is 30.6. The molecule has 0 unspecified atom stereocenters. The Morgan fingerprint density at radius 3 is 1.48 bits per heavy atom. The van der Waals surface area contributed by atoms with Crippen molar-refractivity contribution in [2.45, 2.75) is 64.5 Å². The molecule has 18 heteroatoms. The number of fused-ring (bicyclic) bond motifs is 4. The second kappa shape index (κ2) is 14.7. The minimum atomic E-state index is -0.671. The molecule has 0 spiro atoms. The predicted molar refractivity (Wildman–Crippen MR) is 201 cm³/mol. The first-order chi connectivity index (χ1) is 27.1. The van der Waals surface area contributed by atoms with Crippen LogP contribution in [0.1, 0.15) is 90.0 Å². The van der Waals surface area contributed by atoms with Crippen molar-refractivity contribution < 1.29 is 37.7 Å². The number of rotatable bonds is 12. The lowest BCUT2D eigenvalue weighted by Crippen LogP contribution is -2.18. The second-order valence-electron chi connectivity index (χ2n) is 13.6. The van der Waals surface area contributed by atoms with Gasteiger partial charge < -0.3 is 39.1 Å². The van der Waals surface area contributed by atoms with Crippen molar-refractivity contribution in [2.75, 3.05) is 24.9 Å². The van der Waals surface area contributed by atoms with E-state index in [-0.39, 0.29) is 47.6 Å². The van der Waals surface area contributed by atoms with E-state index in [2.05, 4.69) is 30.9 Å². The number of anilines is 2. The number of ether oxygens (including phenoxy) is 2. The van der Waals surface area contributed by atoms with Crippen LogP contribution in [0.4, 0.5) is 11.9 Å². The molecular formula is C38H38N10O8. The molecule has 6 aromatic rings. The van der Waals surface area contributed by atoms with Crippen molar-refractivity contribution in [2.24, 2.45) is 11.5 Å². The summed E-state index contributed by atoms with van der Waals surface area (Å²) in [6.07, 6.45) is 10.3. The smallest absolute Gasteiger partial charge is 0.296 e. The summed E-state index contributed by atoms with van der Waals surface area (Å²) in [6, 6.07) is 6.07. The number of primary amides is 2. The van der Waals surface area contributed by atoms with E-state index < -0.39 is 23.6 Å². The third-order valence-electron chi connectivity index (χ3n) is 10.1. The fourth-order valence-electron chi connectivity index (χ4n) is 7.42. The number of aryl methyl sites for hydroxylation is 2. The zero-order valence-corrected chi connectivity index (χ0v) is 30.6. The third kappa shape index (κ3) is 6.47. The van der Waals surface area contributed by atoms with Crippen LogP contribution in [0.25, 0.3) is 22.1 Å². The molecule has 8 rings (SSSR count). The number of aromatic nitrogens is 6. The number of hydrogen-bond donors (Lipinski definition) is 4. The van der Waals surface area contributed by atoms with Crippen LogP contribution in [-0.2, 0) is 38.8 Å². The van der Waals surface area contributed by atoms with Crippen LogP contribution in [0.2, 0.25) is 0 Å². The Morgan fingerprint density at radius 2 is 1.09 bits per heavy atom. The van der Waals surface area contributed by atoms with Crippen LogP contribution < -0.4 is 31.6 Å². The molecule has 0 fully saturated rings. The number of carbonyl (C=O) groups is 4. The molecule has 2 aromatic carbocycles. The van der Waals surface area contributed by atoms with E-state index in [0.29, 0.717) is 46.4 Å². The predicted octanol–water partition coefficient (Wildman–Crippen LogP) is 4.10. The molecule has 0 saturated heterocycles. The lowest BCUT2D eigenvalue weighted by Gasteiger charge is -2.12. The van der Waals surface area contributed by atoms with Crippen molar-refractivity contribution in [3.05, 3.63) is 81.6 Å². The van der Waals surface area contributed by atoms with Crippen LogP contribution >= 0.6 is 0 Å². The van der Waals surface area contributed by atoms with E-state index >= 15 is 0 Å². The molecule has 2 aliphatic rings. The van der Waals surface area contributed by atoms with E-state index in [1.54, 1.807) is 9.13 Å². The molecule has 0 saturated carbocycles. The van der Waals surface area contributed by atoms with Gasteiger partial charge >= 0.3 is 0 Å². The van der Waals surface area contributed by atoms with E-state index in [4.69, 9.17) is 30.0 Å². The van der Waals surface area contributed by atoms with E-state index in [0.717, 1.165) is 61.0 Å². The van der Waals surface area contributed by atoms with E-state index in [9.17, 15) is 19.2 Å². The van der Waals surface area contributed by atoms with Crippen molar-refractivity contribution >= 4 is 57.6 Å². The van der Waals surface area contributed by atoms with Gasteiger partial charge in [-0.3, -0.25) is 29.8 Å². The first kappa shape index (κ1) is 36.0. The maximum Gasteiger partial charge on any atom is 0.296 e. The summed E-state index contributed by atoms with van der Waals surface area (Å²) in [5.41, 5.74) is 16.4. The van der Waals surface area contributed by atoms with Crippen LogP contribution in [0.5, 0.6) is 11.5 Å². The Labute approximate surface area is 318 Å². The number of benzene rings is 2. The van der Waals surface area contributed by atoms with Gasteiger partial charge in [-0.15, -0.1) is 0 Å². The van der Waals surface area contributed by atoms with Gasteiger partial charge in [-0.25, -0.2) is 9.97 Å². The first-order valence-electron chi connectivity index (χ1n) is 18.1. The van der Waals surface area contributed by atoms with Gasteiger partial charge in [0.05, 0.1) is 36.6 Å². The minimum Gasteiger partial charge on any atom is -0.494 e. The highest BCUT2D eigenvalue weighted by Gasteiger charge is 2.28. The summed E-state index contributed by atoms with van der Waals surface area (Å²) < 4.78 is 25.7. The average Bonchev–Trinajstić information content (AvgIpc) is 3.98. The van der Waals surface area contributed by atoms with Crippen LogP contribution in [0.15, 0.2) is 45.5 Å². The summed E-state index contributed by atoms with van der Waals surface area (Å²) >= 11 is 0. The van der Waals surface area contributed by atoms with Crippen molar-refractivity contribution in [3.8, 4) is 11.5 Å². The number of nitrogens with one attached hydrogen (secondary N) is 2. The van der Waals surface area contributed by atoms with Gasteiger partial charge in [0.25, 0.3) is 11.8 Å². The van der Waals surface area contributed by atoms with E-state index in [1.807, 2.05) is 12.2 Å². The first-order valence-corrected chi connectivity index (χ1v) is 18.1. The number of nitrogens with zero attached hydrogens (tertiary/aromatic N) is 6. The van der Waals surface area contributed by atoms with Crippen LogP contribution in [0.3, 0.4) is 0 Å². The number of hydrogen-bond acceptors (Lipinski definition) is 12. The quantitative estimate of drug-likeness (QED) is 0.129. The van der Waals surface area contributed by atoms with Gasteiger partial charge in [-0.2, -0.15) is 0 Å². The number of methoxy groups -OCH3 is 2. The topological polar surface area (TPSA) is 251 Å². The highest BCUT2D eigenvalue weighted by Crippen LogP contribution is 2.34. The van der Waals surface area contributed by atoms with Gasteiger partial charge in [-0.1, -0.05) is 22.5 Å². The van der Waals surface area contributed by atoms with Crippen LogP contribution in [0, 0.1) is 0 Å². The Morgan fingerprint density at radius 1 is 0.679 bits per heavy atom. The Balaban J connectivity index is 1.14. The number of carbonyl (C=O) groups excluding carboxylic acids is 4. The molecule has 2 aliphatic carbocycles. The SMILES string of the molecule is COc1cc(C(N)=O)cc2nc(NC(=O)c3onc4c3CCCC4)n(C/C=C/Cn3c(NC(=O)c4onc5c4CCCC5)nc4cc(C(N)=O)cc(OC)c43)c12. The van der Waals surface area contributed by atoms with Gasteiger partial charge in [-0.05, 0) is 75.6 Å². The summed E-state index contributed by atoms with van der Waals surface area (Å²) in [4.78, 5) is 60.9. The standard InChI is InChI=1S/C38H38N10O8/c1-53-27-17-19(33(39)49)15-25-29(27)47(37(41-25)43-35(51)31-21-9-3-5-11-23(21)45-55-31)13-7-8-14-48-30-26(16-20(34(40)50)18-28(30)54-2)42-38(48)44-36(52)32-22-10-4-6-12-24(22)46-56-32/h7-8,15-18H,3-6,9-14H2,1-2H3,(H2,39,49)(H2,40,50)(H,41,43,51)(H,42,44,52)/b8-7+. The van der Waals surface area contributed by atoms with E-state index in [1.165, 1.54) is 38.5 Å². The largest absolute Gasteiger partial charge is 0.494 e. The normalized spacial score (nSPS) is 13.8. The summed E-state index contributed by atoms with van der Waals surface area (Å²) in [5.74, 6) is -1.19. The lowest BCUT2D eigenvalue weighted by atomic mass is 9.96. The summed E-state index contributed by atoms with van der Waals surface area (Å²) in [5, 5.41) is 14.0. The lowest BCUT2D eigenvalue weighted by molar-refractivity contribution is 0.0978. The molecule has 4 heterocycles. The second-order valence-corrected chi connectivity index (χ2v) is 13.6. The molecule has 4 amide bonds. The zero-order chi connectivity index (χ0) is 39.1. The molecule has 0 aliphatic heterocycles. The van der Waals surface area contributed by atoms with Gasteiger partial charge in [0, 0.05) is 35.3 Å².